The van der Waals surface area contributed by atoms with Crippen LogP contribution in [0.4, 0.5) is 0 Å². The number of aryl methyl sites for hydroxylation is 1. The Labute approximate surface area is 205 Å². The van der Waals surface area contributed by atoms with Crippen molar-refractivity contribution in [2.75, 3.05) is 13.1 Å². The first kappa shape index (κ1) is 25.1. The smallest absolute Gasteiger partial charge is 0.338 e. The molecule has 3 aromatic rings. The number of hydrogen-bond donors (Lipinski definition) is 0. The van der Waals surface area contributed by atoms with Crippen LogP contribution in [0.2, 0.25) is 0 Å². The second-order valence-electron chi connectivity index (χ2n) is 9.37. The van der Waals surface area contributed by atoms with Crippen molar-refractivity contribution < 1.29 is 22.4 Å². The molecule has 1 saturated heterocycles. The largest absolute Gasteiger partial charge is 0.457 e. The van der Waals surface area contributed by atoms with Crippen LogP contribution < -0.4 is 5.63 Å². The van der Waals surface area contributed by atoms with E-state index in [4.69, 9.17) is 9.15 Å². The highest BCUT2D eigenvalue weighted by Gasteiger charge is 2.25. The molecule has 8 heteroatoms. The number of rotatable bonds is 6. The van der Waals surface area contributed by atoms with E-state index < -0.39 is 21.6 Å². The van der Waals surface area contributed by atoms with E-state index in [9.17, 15) is 18.0 Å². The Kier molecular flexibility index (Phi) is 7.42. The Morgan fingerprint density at radius 3 is 2.31 bits per heavy atom. The molecule has 2 aromatic carbocycles. The summed E-state index contributed by atoms with van der Waals surface area (Å²) in [6.45, 7) is 7.08. The quantitative estimate of drug-likeness (QED) is 0.345. The Hall–Kier alpha value is -2.97. The van der Waals surface area contributed by atoms with Crippen molar-refractivity contribution in [3.8, 4) is 0 Å². The zero-order valence-corrected chi connectivity index (χ0v) is 21.2. The Bertz CT molecular complexity index is 1380. The van der Waals surface area contributed by atoms with Gasteiger partial charge in [0.05, 0.1) is 10.5 Å². The number of esters is 1. The van der Waals surface area contributed by atoms with E-state index in [1.807, 2.05) is 19.1 Å². The summed E-state index contributed by atoms with van der Waals surface area (Å²) in [5, 5.41) is 0.727. The van der Waals surface area contributed by atoms with Crippen LogP contribution in [0.25, 0.3) is 11.0 Å². The summed E-state index contributed by atoms with van der Waals surface area (Å²) in [5.74, 6) is -0.313. The number of hydrogen-bond acceptors (Lipinski definition) is 6. The average Bonchev–Trinajstić information content (AvgIpc) is 3.12. The van der Waals surface area contributed by atoms with Crippen LogP contribution in [0.5, 0.6) is 0 Å². The summed E-state index contributed by atoms with van der Waals surface area (Å²) in [7, 11) is -3.59. The molecule has 1 aliphatic rings. The molecular weight excluding hydrogens is 466 g/mol. The standard InChI is InChI=1S/C27H31NO6S/c1-18(2)23-16-24-21(15-26(29)34-25(24)14-19(23)3)17-33-27(30)20-8-10-22(11-9-20)35(31,32)28-12-6-4-5-7-13-28/h8-11,14-16,18H,4-7,12-13,17H2,1-3H3. The third-order valence-electron chi connectivity index (χ3n) is 6.49. The van der Waals surface area contributed by atoms with Gasteiger partial charge in [-0.3, -0.25) is 0 Å². The summed E-state index contributed by atoms with van der Waals surface area (Å²) >= 11 is 0. The molecule has 0 amide bonds. The SMILES string of the molecule is Cc1cc2oc(=O)cc(COC(=O)c3ccc(S(=O)(=O)N4CCCCCC4)cc3)c2cc1C(C)C. The second-order valence-corrected chi connectivity index (χ2v) is 11.3. The molecule has 4 rings (SSSR count). The zero-order chi connectivity index (χ0) is 25.2. The van der Waals surface area contributed by atoms with Gasteiger partial charge in [0.2, 0.25) is 10.0 Å². The van der Waals surface area contributed by atoms with E-state index in [-0.39, 0.29) is 23.0 Å². The maximum atomic E-state index is 13.0. The topological polar surface area (TPSA) is 93.9 Å². The minimum absolute atomic E-state index is 0.102. The lowest BCUT2D eigenvalue weighted by atomic mass is 9.95. The fraction of sp³-hybridized carbons (Fsp3) is 0.407. The van der Waals surface area contributed by atoms with Gasteiger partial charge in [-0.1, -0.05) is 26.7 Å². The van der Waals surface area contributed by atoms with Gasteiger partial charge in [-0.2, -0.15) is 4.31 Å². The van der Waals surface area contributed by atoms with Crippen molar-refractivity contribution in [1.29, 1.82) is 0 Å². The molecule has 1 fully saturated rings. The van der Waals surface area contributed by atoms with Crippen molar-refractivity contribution in [2.45, 2.75) is 63.9 Å². The van der Waals surface area contributed by atoms with Crippen LogP contribution in [-0.4, -0.2) is 31.8 Å². The summed E-state index contributed by atoms with van der Waals surface area (Å²) in [4.78, 5) is 24.9. The van der Waals surface area contributed by atoms with Gasteiger partial charge in [0.1, 0.15) is 12.2 Å². The fourth-order valence-electron chi connectivity index (χ4n) is 4.55. The molecule has 0 saturated carbocycles. The number of carbonyl (C=O) groups excluding carboxylic acids is 1. The molecule has 0 atom stereocenters. The summed E-state index contributed by atoms with van der Waals surface area (Å²) < 4.78 is 38.3. The summed E-state index contributed by atoms with van der Waals surface area (Å²) in [6.07, 6.45) is 3.78. The predicted octanol–water partition coefficient (Wildman–Crippen LogP) is 5.15. The highest BCUT2D eigenvalue weighted by atomic mass is 32.2. The lowest BCUT2D eigenvalue weighted by molar-refractivity contribution is 0.0473. The number of sulfonamides is 1. The number of benzene rings is 2. The lowest BCUT2D eigenvalue weighted by Gasteiger charge is -2.20. The number of carbonyl (C=O) groups is 1. The number of nitrogens with zero attached hydrogens (tertiary/aromatic N) is 1. The lowest BCUT2D eigenvalue weighted by Crippen LogP contribution is -2.31. The fourth-order valence-corrected chi connectivity index (χ4v) is 6.07. The normalized spacial score (nSPS) is 15.3. The van der Waals surface area contributed by atoms with Gasteiger partial charge in [-0.25, -0.2) is 18.0 Å². The number of fused-ring (bicyclic) bond motifs is 1. The molecule has 2 heterocycles. The zero-order valence-electron chi connectivity index (χ0n) is 20.4. The van der Waals surface area contributed by atoms with Crippen molar-refractivity contribution in [3.63, 3.8) is 0 Å². The maximum absolute atomic E-state index is 13.0. The molecular formula is C27H31NO6S. The Balaban J connectivity index is 1.52. The first-order valence-electron chi connectivity index (χ1n) is 12.0. The van der Waals surface area contributed by atoms with Crippen molar-refractivity contribution >= 4 is 27.0 Å². The molecule has 7 nitrogen and oxygen atoms in total. The van der Waals surface area contributed by atoms with Crippen molar-refractivity contribution in [1.82, 2.24) is 4.31 Å². The molecule has 186 valence electrons. The van der Waals surface area contributed by atoms with Crippen LogP contribution >= 0.6 is 0 Å². The van der Waals surface area contributed by atoms with Crippen LogP contribution in [0.3, 0.4) is 0 Å². The first-order valence-corrected chi connectivity index (χ1v) is 13.5. The predicted molar refractivity (Wildman–Crippen MR) is 134 cm³/mol. The second kappa shape index (κ2) is 10.3. The van der Waals surface area contributed by atoms with E-state index in [1.165, 1.54) is 34.6 Å². The van der Waals surface area contributed by atoms with E-state index in [1.54, 1.807) is 0 Å². The Morgan fingerprint density at radius 2 is 1.69 bits per heavy atom. The highest BCUT2D eigenvalue weighted by molar-refractivity contribution is 7.89. The maximum Gasteiger partial charge on any atom is 0.338 e. The van der Waals surface area contributed by atoms with E-state index >= 15 is 0 Å². The van der Waals surface area contributed by atoms with Gasteiger partial charge >= 0.3 is 11.6 Å². The first-order chi connectivity index (χ1) is 16.7. The molecule has 0 bridgehead atoms. The molecule has 0 N–H and O–H groups in total. The summed E-state index contributed by atoms with van der Waals surface area (Å²) in [5.41, 5.74) is 2.90. The minimum atomic E-state index is -3.59. The van der Waals surface area contributed by atoms with E-state index in [0.29, 0.717) is 24.2 Å². The van der Waals surface area contributed by atoms with Crippen LogP contribution in [0.15, 0.2) is 56.6 Å². The molecule has 0 unspecified atom stereocenters. The van der Waals surface area contributed by atoms with Gasteiger partial charge in [-0.05, 0) is 73.2 Å². The third-order valence-corrected chi connectivity index (χ3v) is 8.40. The summed E-state index contributed by atoms with van der Waals surface area (Å²) in [6, 6.07) is 11.0. The monoisotopic (exact) mass is 497 g/mol. The molecule has 1 aromatic heterocycles. The van der Waals surface area contributed by atoms with Crippen LogP contribution in [0, 0.1) is 6.92 Å². The van der Waals surface area contributed by atoms with Crippen molar-refractivity contribution in [2.24, 2.45) is 0 Å². The molecule has 1 aliphatic heterocycles. The van der Waals surface area contributed by atoms with Gasteiger partial charge in [0.15, 0.2) is 0 Å². The molecule has 0 spiro atoms. The van der Waals surface area contributed by atoms with Gasteiger partial charge in [0.25, 0.3) is 0 Å². The average molecular weight is 498 g/mol. The van der Waals surface area contributed by atoms with Crippen LogP contribution in [-0.2, 0) is 21.4 Å². The molecule has 0 aliphatic carbocycles. The van der Waals surface area contributed by atoms with Gasteiger partial charge in [0, 0.05) is 30.1 Å². The minimum Gasteiger partial charge on any atom is -0.457 e. The van der Waals surface area contributed by atoms with E-state index in [2.05, 4.69) is 13.8 Å². The highest BCUT2D eigenvalue weighted by Crippen LogP contribution is 2.27. The number of ether oxygens (including phenoxy) is 1. The van der Waals surface area contributed by atoms with E-state index in [0.717, 1.165) is 42.2 Å². The Morgan fingerprint density at radius 1 is 1.03 bits per heavy atom. The van der Waals surface area contributed by atoms with Crippen LogP contribution in [0.1, 0.15) is 72.5 Å². The van der Waals surface area contributed by atoms with Gasteiger partial charge < -0.3 is 9.15 Å². The van der Waals surface area contributed by atoms with Gasteiger partial charge in [-0.15, -0.1) is 0 Å². The molecule has 35 heavy (non-hydrogen) atoms. The third kappa shape index (κ3) is 5.49. The molecule has 0 radical (unpaired) electrons. The van der Waals surface area contributed by atoms with Crippen molar-refractivity contribution in [3.05, 3.63) is 75.1 Å².